The molecule has 134 valence electrons. The lowest BCUT2D eigenvalue weighted by molar-refractivity contribution is -0.433. The number of alkyl halides is 13. The lowest BCUT2D eigenvalue weighted by atomic mass is 9.98. The van der Waals surface area contributed by atoms with Crippen molar-refractivity contribution in [2.75, 3.05) is 0 Å². The summed E-state index contributed by atoms with van der Waals surface area (Å²) in [6.07, 6.45) is -7.48. The molecule has 0 aromatic carbocycles. The van der Waals surface area contributed by atoms with Crippen molar-refractivity contribution in [1.82, 2.24) is 0 Å². The summed E-state index contributed by atoms with van der Waals surface area (Å²) in [4.78, 5) is 0. The predicted molar refractivity (Wildman–Crippen MR) is 43.1 cm³/mol. The van der Waals surface area contributed by atoms with Crippen LogP contribution >= 0.6 is 0 Å². The fourth-order valence-electron chi connectivity index (χ4n) is 0.881. The van der Waals surface area contributed by atoms with E-state index in [1.807, 2.05) is 0 Å². The van der Waals surface area contributed by atoms with E-state index in [0.717, 1.165) is 0 Å². The summed E-state index contributed by atoms with van der Waals surface area (Å²) < 4.78 is 170. The standard InChI is InChI=1S/C6H2F13NOS/c7-1(8,3(11,12)5(15,16)17)2(9,10)4(13,14)6(18,19)22(20)21/h20H2. The number of rotatable bonds is 5. The highest BCUT2D eigenvalue weighted by molar-refractivity contribution is 7.90. The molecule has 0 saturated heterocycles. The molecule has 1 unspecified atom stereocenters. The van der Waals surface area contributed by atoms with Crippen LogP contribution in [-0.2, 0) is 11.4 Å². The van der Waals surface area contributed by atoms with Crippen LogP contribution in [0.25, 0.3) is 0 Å². The van der Waals surface area contributed by atoms with Crippen LogP contribution in [0.1, 0.15) is 0 Å². The van der Waals surface area contributed by atoms with E-state index in [0.29, 0.717) is 0 Å². The Bertz CT molecular complexity index is 415. The topological polar surface area (TPSA) is 49.1 Å². The Kier molecular flexibility index (Phi) is 5.04. The molecule has 0 aliphatic heterocycles. The van der Waals surface area contributed by atoms with Gasteiger partial charge < -0.3 is 4.55 Å². The minimum absolute atomic E-state index is 3.65. The minimum atomic E-state index is -8.01. The highest BCUT2D eigenvalue weighted by Gasteiger charge is 2.93. The van der Waals surface area contributed by atoms with E-state index in [1.54, 1.807) is 0 Å². The Balaban J connectivity index is 6.24. The third kappa shape index (κ3) is 2.57. The van der Waals surface area contributed by atoms with Crippen molar-refractivity contribution >= 4 is 11.4 Å². The second-order valence-electron chi connectivity index (χ2n) is 3.61. The zero-order chi connectivity index (χ0) is 18.6. The van der Waals surface area contributed by atoms with Crippen LogP contribution in [0.2, 0.25) is 0 Å². The Morgan fingerprint density at radius 1 is 0.545 bits per heavy atom. The molecule has 0 bridgehead atoms. The second-order valence-corrected chi connectivity index (χ2v) is 4.72. The van der Waals surface area contributed by atoms with Crippen molar-refractivity contribution in [3.63, 3.8) is 0 Å². The SMILES string of the molecule is N[S+]([O-])C(F)(F)C(F)(F)C(F)(F)C(F)(F)C(F)(F)C(F)(F)F. The number of hydrogen-bond donors (Lipinski definition) is 1. The molecule has 1 atom stereocenters. The van der Waals surface area contributed by atoms with Crippen LogP contribution in [0.15, 0.2) is 0 Å². The third-order valence-corrected chi connectivity index (χ3v) is 2.92. The summed E-state index contributed by atoms with van der Waals surface area (Å²) in [6, 6.07) is 0. The molecule has 0 amide bonds. The van der Waals surface area contributed by atoms with Crippen molar-refractivity contribution in [3.8, 4) is 0 Å². The van der Waals surface area contributed by atoms with Crippen molar-refractivity contribution in [2.45, 2.75) is 35.1 Å². The van der Waals surface area contributed by atoms with Gasteiger partial charge in [-0.1, -0.05) is 0 Å². The molecule has 22 heavy (non-hydrogen) atoms. The first kappa shape index (κ1) is 21.4. The zero-order valence-corrected chi connectivity index (χ0v) is 10.1. The van der Waals surface area contributed by atoms with Crippen LogP contribution < -0.4 is 5.14 Å². The molecule has 0 rings (SSSR count). The molecule has 16 heteroatoms. The highest BCUT2D eigenvalue weighted by atomic mass is 32.2. The maximum absolute atomic E-state index is 12.7. The molecule has 0 aliphatic carbocycles. The Labute approximate surface area is 114 Å². The molecular weight excluding hydrogens is 381 g/mol. The number of halogens is 13. The van der Waals surface area contributed by atoms with Gasteiger partial charge >= 0.3 is 35.1 Å². The van der Waals surface area contributed by atoms with E-state index in [2.05, 4.69) is 5.14 Å². The fourth-order valence-corrected chi connectivity index (χ4v) is 1.26. The van der Waals surface area contributed by atoms with Gasteiger partial charge in [-0.05, 0) is 0 Å². The maximum atomic E-state index is 12.7. The first-order chi connectivity index (χ1) is 9.19. The summed E-state index contributed by atoms with van der Waals surface area (Å²) in [6.45, 7) is 0. The Hall–Kier alpha value is -0.640. The fraction of sp³-hybridized carbons (Fsp3) is 1.00. The van der Waals surface area contributed by atoms with Gasteiger partial charge in [-0.15, -0.1) is 13.9 Å². The monoisotopic (exact) mass is 383 g/mol. The van der Waals surface area contributed by atoms with Gasteiger partial charge in [0.15, 0.2) is 0 Å². The molecule has 0 heterocycles. The molecule has 0 aromatic rings. The van der Waals surface area contributed by atoms with Gasteiger partial charge in [-0.2, -0.15) is 48.3 Å². The summed E-state index contributed by atoms with van der Waals surface area (Å²) in [7, 11) is 0. The smallest absolute Gasteiger partial charge is 0.497 e. The number of hydrogen-bond acceptors (Lipinski definition) is 2. The van der Waals surface area contributed by atoms with Gasteiger partial charge in [-0.3, -0.25) is 0 Å². The van der Waals surface area contributed by atoms with E-state index in [1.165, 1.54) is 0 Å². The summed E-state index contributed by atoms with van der Waals surface area (Å²) in [5, 5.41) is -3.09. The first-order valence-electron chi connectivity index (χ1n) is 4.31. The quantitative estimate of drug-likeness (QED) is 0.585. The Morgan fingerprint density at radius 2 is 0.818 bits per heavy atom. The van der Waals surface area contributed by atoms with Gasteiger partial charge in [-0.25, -0.2) is 0 Å². The van der Waals surface area contributed by atoms with E-state index in [-0.39, 0.29) is 0 Å². The van der Waals surface area contributed by atoms with Crippen LogP contribution in [0.5, 0.6) is 0 Å². The predicted octanol–water partition coefficient (Wildman–Crippen LogP) is 3.31. The molecule has 0 fully saturated rings. The molecular formula is C6H2F13NOS. The lowest BCUT2D eigenvalue weighted by Gasteiger charge is -2.38. The zero-order valence-electron chi connectivity index (χ0n) is 9.31. The van der Waals surface area contributed by atoms with Gasteiger partial charge in [0.05, 0.1) is 0 Å². The van der Waals surface area contributed by atoms with Crippen LogP contribution in [0.4, 0.5) is 57.1 Å². The van der Waals surface area contributed by atoms with Crippen molar-refractivity contribution in [2.24, 2.45) is 5.14 Å². The van der Waals surface area contributed by atoms with Gasteiger partial charge in [0.2, 0.25) is 0 Å². The summed E-state index contributed by atoms with van der Waals surface area (Å²) in [5.41, 5.74) is 0. The average Bonchev–Trinajstić information content (AvgIpc) is 2.25. The van der Waals surface area contributed by atoms with Crippen LogP contribution in [0.3, 0.4) is 0 Å². The molecule has 0 radical (unpaired) electrons. The largest absolute Gasteiger partial charge is 0.593 e. The molecule has 0 aromatic heterocycles. The van der Waals surface area contributed by atoms with Gasteiger partial charge in [0.25, 0.3) is 0 Å². The van der Waals surface area contributed by atoms with Crippen molar-refractivity contribution < 1.29 is 61.6 Å². The highest BCUT2D eigenvalue weighted by Crippen LogP contribution is 2.60. The normalized spacial score (nSPS) is 17.6. The van der Waals surface area contributed by atoms with E-state index >= 15 is 0 Å². The maximum Gasteiger partial charge on any atom is 0.497 e. The lowest BCUT2D eigenvalue weighted by Crippen LogP contribution is -2.71. The molecule has 0 spiro atoms. The number of nitrogens with two attached hydrogens (primary N) is 1. The molecule has 2 nitrogen and oxygen atoms in total. The second kappa shape index (κ2) is 5.19. The van der Waals surface area contributed by atoms with Gasteiger partial charge in [0, 0.05) is 0 Å². The van der Waals surface area contributed by atoms with Crippen molar-refractivity contribution in [3.05, 3.63) is 0 Å². The van der Waals surface area contributed by atoms with Gasteiger partial charge in [0.1, 0.15) is 11.4 Å². The Morgan fingerprint density at radius 3 is 1.05 bits per heavy atom. The van der Waals surface area contributed by atoms with Crippen LogP contribution in [0, 0.1) is 0 Å². The van der Waals surface area contributed by atoms with E-state index in [4.69, 9.17) is 0 Å². The molecule has 0 saturated carbocycles. The van der Waals surface area contributed by atoms with Crippen molar-refractivity contribution in [1.29, 1.82) is 0 Å². The minimum Gasteiger partial charge on any atom is -0.593 e. The third-order valence-electron chi connectivity index (χ3n) is 2.16. The average molecular weight is 383 g/mol. The molecule has 2 N–H and O–H groups in total. The van der Waals surface area contributed by atoms with Crippen LogP contribution in [-0.4, -0.2) is 39.7 Å². The molecule has 0 aliphatic rings. The van der Waals surface area contributed by atoms with E-state index in [9.17, 15) is 61.6 Å². The summed E-state index contributed by atoms with van der Waals surface area (Å²) in [5.74, 6) is -31.4. The summed E-state index contributed by atoms with van der Waals surface area (Å²) >= 11 is -4.80. The van der Waals surface area contributed by atoms with E-state index < -0.39 is 46.5 Å². The first-order valence-corrected chi connectivity index (χ1v) is 5.53.